The maximum atomic E-state index is 5.80. The molecule has 1 aromatic carbocycles. The van der Waals surface area contributed by atoms with E-state index in [2.05, 4.69) is 21.9 Å². The highest BCUT2D eigenvalue weighted by Gasteiger charge is 2.05. The summed E-state index contributed by atoms with van der Waals surface area (Å²) >= 11 is 5.62. The molecule has 0 N–H and O–H groups in total. The first-order chi connectivity index (χ1) is 9.85. The van der Waals surface area contributed by atoms with Crippen molar-refractivity contribution in [3.05, 3.63) is 42.0 Å². The summed E-state index contributed by atoms with van der Waals surface area (Å²) in [6, 6.07) is 7.69. The van der Waals surface area contributed by atoms with Gasteiger partial charge >= 0.3 is 0 Å². The van der Waals surface area contributed by atoms with E-state index in [-0.39, 0.29) is 0 Å². The summed E-state index contributed by atoms with van der Waals surface area (Å²) in [5.41, 5.74) is 0.861. The maximum Gasteiger partial charge on any atom is 0.164 e. The van der Waals surface area contributed by atoms with Gasteiger partial charge in [0.25, 0.3) is 0 Å². The smallest absolute Gasteiger partial charge is 0.164 e. The van der Waals surface area contributed by atoms with Crippen LogP contribution in [0.15, 0.2) is 30.6 Å². The molecule has 0 saturated carbocycles. The molecule has 20 heavy (non-hydrogen) atoms. The first-order valence-corrected chi connectivity index (χ1v) is 7.02. The number of aromatic nitrogens is 3. The Bertz CT molecular complexity index is 613. The van der Waals surface area contributed by atoms with Gasteiger partial charge in [-0.1, -0.05) is 24.0 Å². The fourth-order valence-electron chi connectivity index (χ4n) is 1.71. The molecular weight excluding hydrogens is 274 g/mol. The maximum absolute atomic E-state index is 5.80. The number of rotatable bonds is 5. The van der Waals surface area contributed by atoms with Gasteiger partial charge in [-0.3, -0.25) is 0 Å². The van der Waals surface area contributed by atoms with Crippen LogP contribution in [0.1, 0.15) is 24.7 Å². The zero-order valence-corrected chi connectivity index (χ0v) is 12.1. The highest BCUT2D eigenvalue weighted by Crippen LogP contribution is 2.18. The third kappa shape index (κ3) is 3.75. The van der Waals surface area contributed by atoms with Crippen molar-refractivity contribution in [1.29, 1.82) is 0 Å². The molecule has 0 fully saturated rings. The summed E-state index contributed by atoms with van der Waals surface area (Å²) in [5, 5.41) is 4.11. The van der Waals surface area contributed by atoms with Crippen LogP contribution >= 0.6 is 11.6 Å². The lowest BCUT2D eigenvalue weighted by molar-refractivity contribution is 0.286. The lowest BCUT2D eigenvalue weighted by Crippen LogP contribution is -2.07. The van der Waals surface area contributed by atoms with E-state index < -0.39 is 0 Å². The summed E-state index contributed by atoms with van der Waals surface area (Å²) in [4.78, 5) is 4.18. The Kier molecular flexibility index (Phi) is 5.45. The molecule has 1 heterocycles. The zero-order chi connectivity index (χ0) is 14.2. The summed E-state index contributed by atoms with van der Waals surface area (Å²) in [7, 11) is 0. The van der Waals surface area contributed by atoms with Crippen molar-refractivity contribution in [3.63, 3.8) is 0 Å². The molecule has 2 rings (SSSR count). The van der Waals surface area contributed by atoms with E-state index in [1.54, 1.807) is 0 Å². The molecule has 1 aromatic heterocycles. The van der Waals surface area contributed by atoms with E-state index in [1.165, 1.54) is 6.33 Å². The first kappa shape index (κ1) is 14.4. The predicted octanol–water partition coefficient (Wildman–Crippen LogP) is 2.86. The Labute approximate surface area is 123 Å². The van der Waals surface area contributed by atoms with Crippen LogP contribution in [0.5, 0.6) is 5.75 Å². The minimum atomic E-state index is 0.377. The molecular formula is C15H16ClN3O. The van der Waals surface area contributed by atoms with Gasteiger partial charge in [0.15, 0.2) is 5.82 Å². The SMILES string of the molecule is CCn1ncnc1COc1ccccc1C#CCCCl. The second-order valence-corrected chi connectivity index (χ2v) is 4.40. The van der Waals surface area contributed by atoms with E-state index in [4.69, 9.17) is 16.3 Å². The summed E-state index contributed by atoms with van der Waals surface area (Å²) in [6.45, 7) is 3.17. The van der Waals surface area contributed by atoms with Crippen LogP contribution < -0.4 is 4.74 Å². The van der Waals surface area contributed by atoms with Gasteiger partial charge < -0.3 is 4.74 Å². The summed E-state index contributed by atoms with van der Waals surface area (Å²) in [5.74, 6) is 8.17. The molecule has 0 unspecified atom stereocenters. The summed E-state index contributed by atoms with van der Waals surface area (Å²) in [6.07, 6.45) is 2.20. The lowest BCUT2D eigenvalue weighted by atomic mass is 10.2. The number of para-hydroxylation sites is 1. The van der Waals surface area contributed by atoms with Crippen LogP contribution in [0, 0.1) is 11.8 Å². The van der Waals surface area contributed by atoms with Gasteiger partial charge in [-0.15, -0.1) is 11.6 Å². The van der Waals surface area contributed by atoms with Crippen molar-refractivity contribution in [2.24, 2.45) is 0 Å². The van der Waals surface area contributed by atoms with Gasteiger partial charge in [0.2, 0.25) is 0 Å². The van der Waals surface area contributed by atoms with Crippen molar-refractivity contribution < 1.29 is 4.74 Å². The lowest BCUT2D eigenvalue weighted by Gasteiger charge is -2.08. The average Bonchev–Trinajstić information content (AvgIpc) is 2.94. The first-order valence-electron chi connectivity index (χ1n) is 6.48. The molecule has 0 amide bonds. The Morgan fingerprint density at radius 1 is 1.35 bits per heavy atom. The topological polar surface area (TPSA) is 39.9 Å². The van der Waals surface area contributed by atoms with Gasteiger partial charge in [-0.25, -0.2) is 9.67 Å². The second-order valence-electron chi connectivity index (χ2n) is 4.02. The second kappa shape index (κ2) is 7.56. The molecule has 0 saturated heterocycles. The standard InChI is InChI=1S/C15H16ClN3O/c1-2-19-15(17-12-18-19)11-20-14-9-4-3-7-13(14)8-5-6-10-16/h3-4,7,9,12H,2,6,10-11H2,1H3. The Morgan fingerprint density at radius 3 is 3.00 bits per heavy atom. The van der Waals surface area contributed by atoms with Gasteiger partial charge in [-0.05, 0) is 19.1 Å². The van der Waals surface area contributed by atoms with E-state index in [1.807, 2.05) is 35.9 Å². The number of ether oxygens (including phenoxy) is 1. The van der Waals surface area contributed by atoms with Crippen LogP contribution in [-0.2, 0) is 13.2 Å². The van der Waals surface area contributed by atoms with E-state index >= 15 is 0 Å². The van der Waals surface area contributed by atoms with Gasteiger partial charge in [0.05, 0.1) is 5.56 Å². The molecule has 5 heteroatoms. The molecule has 0 spiro atoms. The fourth-order valence-corrected chi connectivity index (χ4v) is 1.80. The van der Waals surface area contributed by atoms with Gasteiger partial charge in [-0.2, -0.15) is 5.10 Å². The molecule has 0 aliphatic rings. The third-order valence-electron chi connectivity index (χ3n) is 2.68. The quantitative estimate of drug-likeness (QED) is 0.628. The Morgan fingerprint density at radius 2 is 2.20 bits per heavy atom. The molecule has 0 atom stereocenters. The largest absolute Gasteiger partial charge is 0.484 e. The van der Waals surface area contributed by atoms with E-state index in [0.29, 0.717) is 18.9 Å². The van der Waals surface area contributed by atoms with Crippen LogP contribution in [0.2, 0.25) is 0 Å². The highest BCUT2D eigenvalue weighted by molar-refractivity contribution is 6.18. The third-order valence-corrected chi connectivity index (χ3v) is 2.87. The Balaban J connectivity index is 2.08. The van der Waals surface area contributed by atoms with Crippen molar-refractivity contribution >= 4 is 11.6 Å². The number of hydrogen-bond acceptors (Lipinski definition) is 3. The molecule has 0 radical (unpaired) electrons. The Hall–Kier alpha value is -1.99. The number of halogens is 1. The summed E-state index contributed by atoms with van der Waals surface area (Å²) < 4.78 is 7.60. The van der Waals surface area contributed by atoms with Gasteiger partial charge in [0, 0.05) is 18.8 Å². The van der Waals surface area contributed by atoms with E-state index in [0.717, 1.165) is 23.7 Å². The number of nitrogens with zero attached hydrogens (tertiary/aromatic N) is 3. The molecule has 0 bridgehead atoms. The number of hydrogen-bond donors (Lipinski definition) is 0. The fraction of sp³-hybridized carbons (Fsp3) is 0.333. The van der Waals surface area contributed by atoms with Crippen molar-refractivity contribution in [1.82, 2.24) is 14.8 Å². The van der Waals surface area contributed by atoms with Crippen LogP contribution in [-0.4, -0.2) is 20.6 Å². The van der Waals surface area contributed by atoms with Crippen LogP contribution in [0.3, 0.4) is 0 Å². The zero-order valence-electron chi connectivity index (χ0n) is 11.3. The normalized spacial score (nSPS) is 9.90. The number of benzene rings is 1. The predicted molar refractivity (Wildman–Crippen MR) is 78.7 cm³/mol. The highest BCUT2D eigenvalue weighted by atomic mass is 35.5. The number of aryl methyl sites for hydroxylation is 1. The molecule has 2 aromatic rings. The molecule has 0 aliphatic carbocycles. The molecule has 4 nitrogen and oxygen atoms in total. The van der Waals surface area contributed by atoms with E-state index in [9.17, 15) is 0 Å². The van der Waals surface area contributed by atoms with Crippen molar-refractivity contribution in [3.8, 4) is 17.6 Å². The van der Waals surface area contributed by atoms with Crippen LogP contribution in [0.4, 0.5) is 0 Å². The molecule has 104 valence electrons. The molecule has 0 aliphatic heterocycles. The van der Waals surface area contributed by atoms with Crippen LogP contribution in [0.25, 0.3) is 0 Å². The number of alkyl halides is 1. The van der Waals surface area contributed by atoms with Gasteiger partial charge in [0.1, 0.15) is 18.7 Å². The van der Waals surface area contributed by atoms with Crippen molar-refractivity contribution in [2.45, 2.75) is 26.5 Å². The minimum absolute atomic E-state index is 0.377. The van der Waals surface area contributed by atoms with Crippen molar-refractivity contribution in [2.75, 3.05) is 5.88 Å². The average molecular weight is 290 g/mol. The minimum Gasteiger partial charge on any atom is -0.484 e. The monoisotopic (exact) mass is 289 g/mol.